The fraction of sp³-hybridized carbons (Fsp3) is 0.350. The van der Waals surface area contributed by atoms with Crippen LogP contribution in [-0.4, -0.2) is 41.2 Å². The van der Waals surface area contributed by atoms with Crippen molar-refractivity contribution in [3.05, 3.63) is 42.0 Å². The predicted molar refractivity (Wildman–Crippen MR) is 110 cm³/mol. The number of sulfonamides is 1. The van der Waals surface area contributed by atoms with Crippen LogP contribution in [0.1, 0.15) is 19.4 Å². The van der Waals surface area contributed by atoms with Crippen LogP contribution in [0, 0.1) is 6.92 Å². The van der Waals surface area contributed by atoms with Crippen molar-refractivity contribution < 1.29 is 27.4 Å². The molecule has 0 unspecified atom stereocenters. The van der Waals surface area contributed by atoms with E-state index in [0.717, 1.165) is 0 Å². The van der Waals surface area contributed by atoms with Crippen molar-refractivity contribution in [1.29, 1.82) is 0 Å². The van der Waals surface area contributed by atoms with Crippen LogP contribution in [0.2, 0.25) is 0 Å². The van der Waals surface area contributed by atoms with Crippen LogP contribution in [-0.2, 0) is 14.8 Å². The van der Waals surface area contributed by atoms with Gasteiger partial charge in [-0.25, -0.2) is 8.42 Å². The molecule has 0 heterocycles. The Kier molecular flexibility index (Phi) is 7.46. The number of rotatable bonds is 9. The average Bonchev–Trinajstić information content (AvgIpc) is 2.69. The third-order valence-corrected chi connectivity index (χ3v) is 5.67. The van der Waals surface area contributed by atoms with E-state index in [1.165, 1.54) is 33.3 Å². The van der Waals surface area contributed by atoms with E-state index in [1.54, 1.807) is 31.2 Å². The standard InChI is InChI=1S/C20H26N2O6S/c1-6-28-17-10-8-16(11-13(17)2)29(24,25)22-14(3)20(23)21-15-7-9-18(26-4)19(12-15)27-5/h7-12,14,22H,6H2,1-5H3,(H,21,23)/t14-/m1/s1. The Morgan fingerprint density at radius 1 is 1.03 bits per heavy atom. The lowest BCUT2D eigenvalue weighted by atomic mass is 10.2. The van der Waals surface area contributed by atoms with E-state index in [9.17, 15) is 13.2 Å². The number of hydrogen-bond donors (Lipinski definition) is 2. The Morgan fingerprint density at radius 2 is 1.69 bits per heavy atom. The summed E-state index contributed by atoms with van der Waals surface area (Å²) in [5, 5.41) is 2.66. The Hall–Kier alpha value is -2.78. The maximum absolute atomic E-state index is 12.6. The molecule has 1 atom stereocenters. The molecule has 0 saturated heterocycles. The summed E-state index contributed by atoms with van der Waals surface area (Å²) in [7, 11) is -0.891. The summed E-state index contributed by atoms with van der Waals surface area (Å²) >= 11 is 0. The van der Waals surface area contributed by atoms with Crippen LogP contribution in [0.5, 0.6) is 17.2 Å². The van der Waals surface area contributed by atoms with Crippen LogP contribution >= 0.6 is 0 Å². The zero-order valence-corrected chi connectivity index (χ0v) is 17.9. The molecule has 0 saturated carbocycles. The number of aryl methyl sites for hydroxylation is 1. The summed E-state index contributed by atoms with van der Waals surface area (Å²) in [4.78, 5) is 12.5. The molecule has 0 bridgehead atoms. The largest absolute Gasteiger partial charge is 0.494 e. The zero-order valence-electron chi connectivity index (χ0n) is 17.1. The van der Waals surface area contributed by atoms with E-state index in [4.69, 9.17) is 14.2 Å². The van der Waals surface area contributed by atoms with Gasteiger partial charge in [0.15, 0.2) is 11.5 Å². The maximum Gasteiger partial charge on any atom is 0.242 e. The molecule has 2 aromatic rings. The predicted octanol–water partition coefficient (Wildman–Crippen LogP) is 2.72. The fourth-order valence-corrected chi connectivity index (χ4v) is 3.91. The molecule has 2 N–H and O–H groups in total. The van der Waals surface area contributed by atoms with Gasteiger partial charge in [0, 0.05) is 11.8 Å². The van der Waals surface area contributed by atoms with Crippen LogP contribution in [0.4, 0.5) is 5.69 Å². The van der Waals surface area contributed by atoms with Crippen molar-refractivity contribution in [2.45, 2.75) is 31.7 Å². The minimum absolute atomic E-state index is 0.0595. The number of methoxy groups -OCH3 is 2. The van der Waals surface area contributed by atoms with E-state index in [2.05, 4.69) is 10.0 Å². The van der Waals surface area contributed by atoms with Crippen LogP contribution in [0.15, 0.2) is 41.3 Å². The highest BCUT2D eigenvalue weighted by Crippen LogP contribution is 2.29. The van der Waals surface area contributed by atoms with Crippen molar-refractivity contribution in [3.63, 3.8) is 0 Å². The number of benzene rings is 2. The lowest BCUT2D eigenvalue weighted by Gasteiger charge is -2.16. The van der Waals surface area contributed by atoms with E-state index >= 15 is 0 Å². The molecule has 0 spiro atoms. The number of amides is 1. The Bertz CT molecular complexity index is 975. The van der Waals surface area contributed by atoms with Crippen molar-refractivity contribution in [2.24, 2.45) is 0 Å². The molecule has 0 aliphatic rings. The van der Waals surface area contributed by atoms with Gasteiger partial charge in [-0.1, -0.05) is 0 Å². The van der Waals surface area contributed by atoms with Gasteiger partial charge >= 0.3 is 0 Å². The molecule has 2 rings (SSSR count). The average molecular weight is 423 g/mol. The lowest BCUT2D eigenvalue weighted by Crippen LogP contribution is -2.41. The highest BCUT2D eigenvalue weighted by molar-refractivity contribution is 7.89. The van der Waals surface area contributed by atoms with E-state index in [-0.39, 0.29) is 4.90 Å². The van der Waals surface area contributed by atoms with Crippen molar-refractivity contribution >= 4 is 21.6 Å². The first kappa shape index (κ1) is 22.5. The zero-order chi connectivity index (χ0) is 21.6. The molecular weight excluding hydrogens is 396 g/mol. The smallest absolute Gasteiger partial charge is 0.242 e. The van der Waals surface area contributed by atoms with Gasteiger partial charge in [-0.05, 0) is 56.7 Å². The molecule has 0 fully saturated rings. The second-order valence-corrected chi connectivity index (χ2v) is 7.98. The molecule has 9 heteroatoms. The lowest BCUT2D eigenvalue weighted by molar-refractivity contribution is -0.117. The Balaban J connectivity index is 2.11. The summed E-state index contributed by atoms with van der Waals surface area (Å²) < 4.78 is 43.4. The number of carbonyl (C=O) groups is 1. The third-order valence-electron chi connectivity index (χ3n) is 4.13. The summed E-state index contributed by atoms with van der Waals surface area (Å²) in [5.74, 6) is 1.07. The fourth-order valence-electron chi connectivity index (χ4n) is 2.63. The van der Waals surface area contributed by atoms with Gasteiger partial charge in [0.25, 0.3) is 0 Å². The van der Waals surface area contributed by atoms with Crippen LogP contribution in [0.25, 0.3) is 0 Å². The molecule has 0 aliphatic heterocycles. The maximum atomic E-state index is 12.6. The van der Waals surface area contributed by atoms with Gasteiger partial charge in [0.05, 0.1) is 31.8 Å². The molecule has 0 radical (unpaired) electrons. The number of nitrogens with one attached hydrogen (secondary N) is 2. The molecule has 0 aliphatic carbocycles. The molecule has 1 amide bonds. The van der Waals surface area contributed by atoms with Crippen LogP contribution < -0.4 is 24.2 Å². The van der Waals surface area contributed by atoms with Crippen LogP contribution in [0.3, 0.4) is 0 Å². The van der Waals surface area contributed by atoms with E-state index in [1.807, 2.05) is 6.92 Å². The number of carbonyl (C=O) groups excluding carboxylic acids is 1. The quantitative estimate of drug-likeness (QED) is 0.644. The summed E-state index contributed by atoms with van der Waals surface area (Å²) in [6.07, 6.45) is 0. The number of hydrogen-bond acceptors (Lipinski definition) is 6. The SMILES string of the molecule is CCOc1ccc(S(=O)(=O)N[C@H](C)C(=O)Nc2ccc(OC)c(OC)c2)cc1C. The summed E-state index contributed by atoms with van der Waals surface area (Å²) in [6, 6.07) is 8.42. The van der Waals surface area contributed by atoms with E-state index < -0.39 is 22.0 Å². The normalized spacial score (nSPS) is 12.2. The van der Waals surface area contributed by atoms with E-state index in [0.29, 0.717) is 35.1 Å². The third kappa shape index (κ3) is 5.61. The number of anilines is 1. The summed E-state index contributed by atoms with van der Waals surface area (Å²) in [5.41, 5.74) is 1.15. The second kappa shape index (κ2) is 9.62. The minimum Gasteiger partial charge on any atom is -0.494 e. The first-order valence-electron chi connectivity index (χ1n) is 9.00. The molecule has 8 nitrogen and oxygen atoms in total. The van der Waals surface area contributed by atoms with Crippen molar-refractivity contribution in [1.82, 2.24) is 4.72 Å². The second-order valence-electron chi connectivity index (χ2n) is 6.26. The molecule has 2 aromatic carbocycles. The van der Waals surface area contributed by atoms with Gasteiger partial charge in [0.2, 0.25) is 15.9 Å². The molecule has 29 heavy (non-hydrogen) atoms. The first-order valence-corrected chi connectivity index (χ1v) is 10.5. The molecule has 0 aromatic heterocycles. The minimum atomic E-state index is -3.89. The number of ether oxygens (including phenoxy) is 3. The van der Waals surface area contributed by atoms with Gasteiger partial charge < -0.3 is 19.5 Å². The highest BCUT2D eigenvalue weighted by Gasteiger charge is 2.23. The van der Waals surface area contributed by atoms with Gasteiger partial charge in [0.1, 0.15) is 5.75 Å². The van der Waals surface area contributed by atoms with Gasteiger partial charge in [-0.2, -0.15) is 4.72 Å². The molecular formula is C20H26N2O6S. The van der Waals surface area contributed by atoms with Crippen molar-refractivity contribution in [3.8, 4) is 17.2 Å². The Morgan fingerprint density at radius 3 is 2.28 bits per heavy atom. The van der Waals surface area contributed by atoms with Gasteiger partial charge in [-0.3, -0.25) is 4.79 Å². The summed E-state index contributed by atoms with van der Waals surface area (Å²) in [6.45, 7) is 5.56. The topological polar surface area (TPSA) is 103 Å². The molecule has 158 valence electrons. The van der Waals surface area contributed by atoms with Gasteiger partial charge in [-0.15, -0.1) is 0 Å². The monoisotopic (exact) mass is 422 g/mol. The van der Waals surface area contributed by atoms with Crippen molar-refractivity contribution in [2.75, 3.05) is 26.1 Å². The Labute approximate surface area is 171 Å². The highest BCUT2D eigenvalue weighted by atomic mass is 32.2. The first-order chi connectivity index (χ1) is 13.7.